The van der Waals surface area contributed by atoms with Crippen LogP contribution >= 0.6 is 0 Å². The van der Waals surface area contributed by atoms with Gasteiger partial charge in [-0.3, -0.25) is 0 Å². The first-order chi connectivity index (χ1) is 4.50. The molecule has 0 heterocycles. The SMILES string of the molecule is C=C.C=C.[CH]1C=CC=C1.[Co]. The minimum absolute atomic E-state index is 0. The maximum absolute atomic E-state index is 3.00. The van der Waals surface area contributed by atoms with Gasteiger partial charge in [0.2, 0.25) is 0 Å². The Hall–Kier alpha value is -0.534. The molecule has 0 nitrogen and oxygen atoms in total. The molecule has 1 aliphatic rings. The van der Waals surface area contributed by atoms with Crippen molar-refractivity contribution in [3.05, 3.63) is 57.0 Å². The molecule has 0 bridgehead atoms. The van der Waals surface area contributed by atoms with Crippen molar-refractivity contribution in [1.29, 1.82) is 0 Å². The average molecular weight is 180 g/mol. The Labute approximate surface area is 74.2 Å². The first-order valence-electron chi connectivity index (χ1n) is 2.67. The molecule has 0 unspecified atom stereocenters. The molecular formula is C9H13Co. The van der Waals surface area contributed by atoms with E-state index >= 15 is 0 Å². The standard InChI is InChI=1S/C5H5.2C2H4.Co/c1-2-4-5-3-1;2*1-2;/h1-5H;2*1-2H2;. The first kappa shape index (κ1) is 16.2. The molecule has 1 rings (SSSR count). The van der Waals surface area contributed by atoms with Gasteiger partial charge in [0.1, 0.15) is 0 Å². The number of rotatable bonds is 0. The monoisotopic (exact) mass is 180 g/mol. The third-order valence-electron chi connectivity index (χ3n) is 0.556. The normalized spacial score (nSPS) is 9.60. The van der Waals surface area contributed by atoms with Crippen molar-refractivity contribution in [2.75, 3.05) is 0 Å². The quantitative estimate of drug-likeness (QED) is 0.503. The van der Waals surface area contributed by atoms with Gasteiger partial charge < -0.3 is 0 Å². The molecule has 0 amide bonds. The zero-order chi connectivity index (χ0) is 7.54. The van der Waals surface area contributed by atoms with Crippen LogP contribution in [0.5, 0.6) is 0 Å². The third-order valence-corrected chi connectivity index (χ3v) is 0.556. The van der Waals surface area contributed by atoms with E-state index in [-0.39, 0.29) is 16.8 Å². The van der Waals surface area contributed by atoms with Crippen molar-refractivity contribution in [2.24, 2.45) is 0 Å². The second kappa shape index (κ2) is 23.7. The Kier molecular flexibility index (Phi) is 38.4. The predicted octanol–water partition coefficient (Wildman–Crippen LogP) is 2.92. The van der Waals surface area contributed by atoms with Crippen LogP contribution in [0.1, 0.15) is 0 Å². The molecule has 0 N–H and O–H groups in total. The first-order valence-corrected chi connectivity index (χ1v) is 2.67. The van der Waals surface area contributed by atoms with Crippen molar-refractivity contribution in [3.63, 3.8) is 0 Å². The van der Waals surface area contributed by atoms with E-state index in [0.717, 1.165) is 0 Å². The maximum Gasteiger partial charge on any atom is 0.00506 e. The van der Waals surface area contributed by atoms with E-state index in [1.807, 2.05) is 30.7 Å². The average Bonchev–Trinajstić information content (AvgIpc) is 2.51. The van der Waals surface area contributed by atoms with Gasteiger partial charge in [0.25, 0.3) is 0 Å². The minimum atomic E-state index is 0. The smallest absolute Gasteiger partial charge is 0.00506 e. The van der Waals surface area contributed by atoms with E-state index < -0.39 is 0 Å². The molecule has 1 aliphatic carbocycles. The van der Waals surface area contributed by atoms with Crippen molar-refractivity contribution in [2.45, 2.75) is 0 Å². The molecule has 0 saturated carbocycles. The molecule has 0 aromatic rings. The Morgan fingerprint density at radius 3 is 1.00 bits per heavy atom. The van der Waals surface area contributed by atoms with E-state index in [1.165, 1.54) is 0 Å². The Morgan fingerprint density at radius 1 is 0.600 bits per heavy atom. The summed E-state index contributed by atoms with van der Waals surface area (Å²) < 4.78 is 0. The van der Waals surface area contributed by atoms with Gasteiger partial charge in [0.05, 0.1) is 0 Å². The second-order valence-electron chi connectivity index (χ2n) is 0.962. The van der Waals surface area contributed by atoms with Crippen molar-refractivity contribution < 1.29 is 16.8 Å². The molecule has 1 heteroatoms. The molecule has 0 aromatic carbocycles. The third kappa shape index (κ3) is 15.7. The van der Waals surface area contributed by atoms with Gasteiger partial charge in [-0.05, 0) is 0 Å². The summed E-state index contributed by atoms with van der Waals surface area (Å²) in [4.78, 5) is 0. The zero-order valence-corrected chi connectivity index (χ0v) is 7.09. The fraction of sp³-hybridized carbons (Fsp3) is 0. The van der Waals surface area contributed by atoms with Crippen LogP contribution in [0.15, 0.2) is 50.6 Å². The molecule has 10 heavy (non-hydrogen) atoms. The summed E-state index contributed by atoms with van der Waals surface area (Å²) in [6.45, 7) is 12.0. The Bertz CT molecular complexity index is 80.9. The Morgan fingerprint density at radius 2 is 0.900 bits per heavy atom. The van der Waals surface area contributed by atoms with Crippen LogP contribution in [-0.4, -0.2) is 0 Å². The molecule has 0 aliphatic heterocycles. The fourth-order valence-electron chi connectivity index (χ4n) is 0.321. The van der Waals surface area contributed by atoms with Crippen LogP contribution in [0.25, 0.3) is 0 Å². The topological polar surface area (TPSA) is 0 Å². The molecule has 0 aromatic heterocycles. The summed E-state index contributed by atoms with van der Waals surface area (Å²) in [6.07, 6.45) is 10.0. The predicted molar refractivity (Wildman–Crippen MR) is 45.1 cm³/mol. The van der Waals surface area contributed by atoms with Crippen LogP contribution in [0.4, 0.5) is 0 Å². The van der Waals surface area contributed by atoms with Gasteiger partial charge in [-0.15, -0.1) is 26.3 Å². The van der Waals surface area contributed by atoms with Gasteiger partial charge in [-0.25, -0.2) is 0 Å². The van der Waals surface area contributed by atoms with Crippen LogP contribution < -0.4 is 0 Å². The molecule has 0 spiro atoms. The zero-order valence-electron chi connectivity index (χ0n) is 6.05. The Balaban J connectivity index is -0.0000000875. The molecular weight excluding hydrogens is 167 g/mol. The van der Waals surface area contributed by atoms with Crippen molar-refractivity contribution in [1.82, 2.24) is 0 Å². The number of hydrogen-bond donors (Lipinski definition) is 0. The second-order valence-corrected chi connectivity index (χ2v) is 0.962. The van der Waals surface area contributed by atoms with Crippen LogP contribution in [0, 0.1) is 6.42 Å². The van der Waals surface area contributed by atoms with Gasteiger partial charge in [0, 0.05) is 23.2 Å². The molecule has 58 valence electrons. The summed E-state index contributed by atoms with van der Waals surface area (Å²) in [5, 5.41) is 0. The van der Waals surface area contributed by atoms with Crippen LogP contribution in [0.3, 0.4) is 0 Å². The maximum atomic E-state index is 3.00. The van der Waals surface area contributed by atoms with E-state index in [4.69, 9.17) is 0 Å². The molecule has 0 fully saturated rings. The van der Waals surface area contributed by atoms with E-state index in [2.05, 4.69) is 26.3 Å². The molecule has 0 saturated heterocycles. The van der Waals surface area contributed by atoms with E-state index in [9.17, 15) is 0 Å². The van der Waals surface area contributed by atoms with E-state index in [0.29, 0.717) is 0 Å². The summed E-state index contributed by atoms with van der Waals surface area (Å²) >= 11 is 0. The van der Waals surface area contributed by atoms with Crippen LogP contribution in [-0.2, 0) is 16.8 Å². The number of hydrogen-bond acceptors (Lipinski definition) is 0. The summed E-state index contributed by atoms with van der Waals surface area (Å²) in [6, 6.07) is 0. The minimum Gasteiger partial charge on any atom is -0.106 e. The van der Waals surface area contributed by atoms with Gasteiger partial charge in [0.15, 0.2) is 0 Å². The van der Waals surface area contributed by atoms with Gasteiger partial charge in [-0.1, -0.05) is 24.3 Å². The summed E-state index contributed by atoms with van der Waals surface area (Å²) in [5.41, 5.74) is 0. The van der Waals surface area contributed by atoms with Crippen molar-refractivity contribution in [3.8, 4) is 0 Å². The van der Waals surface area contributed by atoms with E-state index in [1.54, 1.807) is 0 Å². The van der Waals surface area contributed by atoms with Crippen molar-refractivity contribution >= 4 is 0 Å². The van der Waals surface area contributed by atoms with Crippen LogP contribution in [0.2, 0.25) is 0 Å². The number of allylic oxidation sites excluding steroid dienone is 4. The largest absolute Gasteiger partial charge is 0.106 e. The summed E-state index contributed by atoms with van der Waals surface area (Å²) in [5.74, 6) is 0. The summed E-state index contributed by atoms with van der Waals surface area (Å²) in [7, 11) is 0. The van der Waals surface area contributed by atoms with Gasteiger partial charge in [-0.2, -0.15) is 0 Å². The fourth-order valence-corrected chi connectivity index (χ4v) is 0.321. The molecule has 0 atom stereocenters. The van der Waals surface area contributed by atoms with Gasteiger partial charge >= 0.3 is 0 Å². The molecule has 2 radical (unpaired) electrons.